The number of ether oxygens (including phenoxy) is 2. The highest BCUT2D eigenvalue weighted by Gasteiger charge is 2.13. The number of hydrogen-bond donors (Lipinski definition) is 2. The molecule has 1 aliphatic rings. The Morgan fingerprint density at radius 1 is 0.958 bits per heavy atom. The summed E-state index contributed by atoms with van der Waals surface area (Å²) in [5.41, 5.74) is 2.17. The van der Waals surface area contributed by atoms with Crippen molar-refractivity contribution in [2.24, 2.45) is 0 Å². The minimum atomic E-state index is -0.331. The second kappa shape index (κ2) is 6.08. The fraction of sp³-hybridized carbons (Fsp3) is 0.111. The van der Waals surface area contributed by atoms with Gasteiger partial charge < -0.3 is 20.1 Å². The van der Waals surface area contributed by atoms with Crippen LogP contribution in [0.25, 0.3) is 10.9 Å². The number of benzene rings is 2. The Morgan fingerprint density at radius 2 is 1.79 bits per heavy atom. The van der Waals surface area contributed by atoms with Gasteiger partial charge in [-0.25, -0.2) is 4.79 Å². The smallest absolute Gasteiger partial charge is 0.323 e. The molecule has 0 unspecified atom stereocenters. The average Bonchev–Trinajstić information content (AvgIpc) is 2.62. The molecular weight excluding hydrogens is 306 g/mol. The van der Waals surface area contributed by atoms with Gasteiger partial charge in [-0.1, -0.05) is 18.2 Å². The maximum Gasteiger partial charge on any atom is 0.323 e. The molecule has 0 fully saturated rings. The van der Waals surface area contributed by atoms with Crippen LogP contribution in [0.4, 0.5) is 16.2 Å². The Bertz CT molecular complexity index is 906. The number of fused-ring (bicyclic) bond motifs is 2. The molecule has 24 heavy (non-hydrogen) atoms. The predicted molar refractivity (Wildman–Crippen MR) is 91.8 cm³/mol. The lowest BCUT2D eigenvalue weighted by Gasteiger charge is -2.19. The number of hydrogen-bond acceptors (Lipinski definition) is 4. The number of amides is 2. The van der Waals surface area contributed by atoms with Gasteiger partial charge >= 0.3 is 6.03 Å². The van der Waals surface area contributed by atoms with E-state index in [1.165, 1.54) is 0 Å². The van der Waals surface area contributed by atoms with Crippen LogP contribution in [-0.2, 0) is 0 Å². The van der Waals surface area contributed by atoms with Crippen molar-refractivity contribution in [3.63, 3.8) is 0 Å². The molecule has 2 heterocycles. The molecule has 0 radical (unpaired) electrons. The molecule has 1 aromatic heterocycles. The Morgan fingerprint density at radius 3 is 2.71 bits per heavy atom. The standard InChI is InChI=1S/C18H15N3O3/c22-18(20-12-5-6-16-17(11-12)24-10-9-23-16)21-15-7-8-19-14-4-2-1-3-13(14)15/h1-8,11H,9-10H2,(H2,19,20,21,22). The molecule has 3 aromatic rings. The van der Waals surface area contributed by atoms with Gasteiger partial charge in [-0.05, 0) is 24.3 Å². The quantitative estimate of drug-likeness (QED) is 0.755. The van der Waals surface area contributed by atoms with E-state index >= 15 is 0 Å². The lowest BCUT2D eigenvalue weighted by atomic mass is 10.2. The molecule has 6 heteroatoms. The highest BCUT2D eigenvalue weighted by atomic mass is 16.6. The van der Waals surface area contributed by atoms with Gasteiger partial charge in [0.25, 0.3) is 0 Å². The van der Waals surface area contributed by atoms with Crippen LogP contribution < -0.4 is 20.1 Å². The monoisotopic (exact) mass is 321 g/mol. The lowest BCUT2D eigenvalue weighted by Crippen LogP contribution is -2.20. The summed E-state index contributed by atoms with van der Waals surface area (Å²) in [6.07, 6.45) is 1.67. The number of anilines is 2. The second-order valence-electron chi connectivity index (χ2n) is 5.31. The average molecular weight is 321 g/mol. The van der Waals surface area contributed by atoms with Crippen molar-refractivity contribution in [1.29, 1.82) is 0 Å². The highest BCUT2D eigenvalue weighted by Crippen LogP contribution is 2.32. The first-order chi connectivity index (χ1) is 11.8. The van der Waals surface area contributed by atoms with E-state index in [0.29, 0.717) is 36.1 Å². The van der Waals surface area contributed by atoms with E-state index < -0.39 is 0 Å². The number of nitrogens with zero attached hydrogens (tertiary/aromatic N) is 1. The Hall–Kier alpha value is -3.28. The van der Waals surface area contributed by atoms with Crippen molar-refractivity contribution in [2.75, 3.05) is 23.8 Å². The zero-order chi connectivity index (χ0) is 16.4. The Balaban J connectivity index is 1.52. The van der Waals surface area contributed by atoms with Crippen molar-refractivity contribution < 1.29 is 14.3 Å². The first-order valence-corrected chi connectivity index (χ1v) is 7.61. The number of urea groups is 1. The molecule has 0 atom stereocenters. The minimum Gasteiger partial charge on any atom is -0.486 e. The zero-order valence-electron chi connectivity index (χ0n) is 12.8. The van der Waals surface area contributed by atoms with E-state index in [1.807, 2.05) is 24.3 Å². The van der Waals surface area contributed by atoms with E-state index in [4.69, 9.17) is 9.47 Å². The third kappa shape index (κ3) is 2.81. The first-order valence-electron chi connectivity index (χ1n) is 7.61. The van der Waals surface area contributed by atoms with Gasteiger partial charge in [-0.3, -0.25) is 4.98 Å². The summed E-state index contributed by atoms with van der Waals surface area (Å²) < 4.78 is 11.0. The van der Waals surface area contributed by atoms with E-state index in [0.717, 1.165) is 10.9 Å². The van der Waals surface area contributed by atoms with Crippen molar-refractivity contribution in [3.8, 4) is 11.5 Å². The molecule has 2 N–H and O–H groups in total. The molecule has 0 saturated heterocycles. The summed E-state index contributed by atoms with van der Waals surface area (Å²) in [5, 5.41) is 6.54. The molecule has 120 valence electrons. The maximum atomic E-state index is 12.3. The van der Waals surface area contributed by atoms with Crippen molar-refractivity contribution in [1.82, 2.24) is 4.98 Å². The molecule has 2 aromatic carbocycles. The number of aromatic nitrogens is 1. The molecule has 2 amide bonds. The molecule has 4 rings (SSSR count). The second-order valence-corrected chi connectivity index (χ2v) is 5.31. The summed E-state index contributed by atoms with van der Waals surface area (Å²) in [7, 11) is 0. The fourth-order valence-corrected chi connectivity index (χ4v) is 2.61. The summed E-state index contributed by atoms with van der Waals surface area (Å²) >= 11 is 0. The SMILES string of the molecule is O=C(Nc1ccc2c(c1)OCCO2)Nc1ccnc2ccccc12. The molecule has 0 spiro atoms. The number of para-hydroxylation sites is 1. The van der Waals surface area contributed by atoms with Crippen LogP contribution in [0.3, 0.4) is 0 Å². The summed E-state index contributed by atoms with van der Waals surface area (Å²) in [5.74, 6) is 1.32. The van der Waals surface area contributed by atoms with Crippen LogP contribution in [-0.4, -0.2) is 24.2 Å². The number of carbonyl (C=O) groups is 1. The third-order valence-corrected chi connectivity index (χ3v) is 3.70. The van der Waals surface area contributed by atoms with Gasteiger partial charge in [0.05, 0.1) is 11.2 Å². The van der Waals surface area contributed by atoms with Crippen LogP contribution in [0.2, 0.25) is 0 Å². The minimum absolute atomic E-state index is 0.331. The summed E-state index contributed by atoms with van der Waals surface area (Å²) in [4.78, 5) is 16.6. The molecule has 1 aliphatic heterocycles. The molecule has 6 nitrogen and oxygen atoms in total. The Labute approximate surface area is 138 Å². The van der Waals surface area contributed by atoms with Crippen LogP contribution in [0.1, 0.15) is 0 Å². The fourth-order valence-electron chi connectivity index (χ4n) is 2.61. The summed E-state index contributed by atoms with van der Waals surface area (Å²) in [6, 6.07) is 14.4. The number of pyridine rings is 1. The largest absolute Gasteiger partial charge is 0.486 e. The van der Waals surface area contributed by atoms with E-state index in [2.05, 4.69) is 15.6 Å². The van der Waals surface area contributed by atoms with Gasteiger partial charge in [0.1, 0.15) is 13.2 Å². The normalized spacial score (nSPS) is 12.7. The van der Waals surface area contributed by atoms with Gasteiger partial charge in [-0.2, -0.15) is 0 Å². The Kier molecular flexibility index (Phi) is 3.63. The van der Waals surface area contributed by atoms with E-state index in [-0.39, 0.29) is 6.03 Å². The van der Waals surface area contributed by atoms with Gasteiger partial charge in [0.15, 0.2) is 11.5 Å². The van der Waals surface area contributed by atoms with E-state index in [9.17, 15) is 4.79 Å². The van der Waals surface area contributed by atoms with Crippen molar-refractivity contribution in [2.45, 2.75) is 0 Å². The topological polar surface area (TPSA) is 72.5 Å². The maximum absolute atomic E-state index is 12.3. The van der Waals surface area contributed by atoms with Crippen LogP contribution in [0.5, 0.6) is 11.5 Å². The van der Waals surface area contributed by atoms with Crippen molar-refractivity contribution in [3.05, 3.63) is 54.7 Å². The van der Waals surface area contributed by atoms with Crippen LogP contribution in [0, 0.1) is 0 Å². The number of nitrogens with one attached hydrogen (secondary N) is 2. The van der Waals surface area contributed by atoms with Gasteiger partial charge in [0.2, 0.25) is 0 Å². The van der Waals surface area contributed by atoms with Crippen LogP contribution in [0.15, 0.2) is 54.7 Å². The van der Waals surface area contributed by atoms with E-state index in [1.54, 1.807) is 30.5 Å². The number of rotatable bonds is 2. The molecule has 0 aliphatic carbocycles. The van der Waals surface area contributed by atoms with Gasteiger partial charge in [0, 0.05) is 23.3 Å². The zero-order valence-corrected chi connectivity index (χ0v) is 12.8. The summed E-state index contributed by atoms with van der Waals surface area (Å²) in [6.45, 7) is 1.04. The highest BCUT2D eigenvalue weighted by molar-refractivity contribution is 6.05. The van der Waals surface area contributed by atoms with Crippen molar-refractivity contribution >= 4 is 28.3 Å². The molecule has 0 saturated carbocycles. The molecular formula is C18H15N3O3. The molecule has 0 bridgehead atoms. The van der Waals surface area contributed by atoms with Gasteiger partial charge in [-0.15, -0.1) is 0 Å². The number of carbonyl (C=O) groups excluding carboxylic acids is 1. The lowest BCUT2D eigenvalue weighted by molar-refractivity contribution is 0.171. The first kappa shape index (κ1) is 14.3. The van der Waals surface area contributed by atoms with Crippen LogP contribution >= 0.6 is 0 Å². The third-order valence-electron chi connectivity index (χ3n) is 3.70. The predicted octanol–water partition coefficient (Wildman–Crippen LogP) is 3.65.